The van der Waals surface area contributed by atoms with Gasteiger partial charge in [-0.3, -0.25) is 14.4 Å². The number of halogens is 1. The van der Waals surface area contributed by atoms with E-state index in [0.717, 1.165) is 6.92 Å². The van der Waals surface area contributed by atoms with Crippen LogP contribution in [0, 0.1) is 35.5 Å². The van der Waals surface area contributed by atoms with E-state index in [4.69, 9.17) is 23.7 Å². The van der Waals surface area contributed by atoms with Crippen molar-refractivity contribution in [2.45, 2.75) is 148 Å². The Bertz CT molecular complexity index is 1360. The zero-order valence-electron chi connectivity index (χ0n) is 31.7. The number of nitrogens with zero attached hydrogens (tertiary/aromatic N) is 1. The maximum Gasteiger partial charge on any atom is 0.408 e. The zero-order chi connectivity index (χ0) is 37.9. The van der Waals surface area contributed by atoms with Crippen molar-refractivity contribution in [2.75, 3.05) is 20.7 Å². The molecule has 1 aliphatic carbocycles. The number of likely N-dealkylation sites (N-methyl/N-ethyl adjacent to an activating group) is 1. The second-order valence-electron chi connectivity index (χ2n) is 15.3. The van der Waals surface area contributed by atoms with E-state index in [-0.39, 0.29) is 37.2 Å². The number of hydrogen-bond donors (Lipinski definition) is 1. The minimum Gasteiger partial charge on any atom is -0.458 e. The summed E-state index contributed by atoms with van der Waals surface area (Å²) in [6.07, 6.45) is -3.48. The average molecular weight is 709 g/mol. The summed E-state index contributed by atoms with van der Waals surface area (Å²) in [6.45, 7) is 15.5. The van der Waals surface area contributed by atoms with Gasteiger partial charge in [0.1, 0.15) is 24.6 Å². The number of ether oxygens (including phenoxy) is 5. The number of fused-ring (bicyclic) bond motifs is 1. The summed E-state index contributed by atoms with van der Waals surface area (Å²) >= 11 is 0. The number of amides is 1. The van der Waals surface area contributed by atoms with Crippen molar-refractivity contribution in [3.8, 4) is 11.8 Å². The molecular weight excluding hydrogens is 651 g/mol. The fraction of sp³-hybridized carbons (Fsp3) is 0.811. The highest BCUT2D eigenvalue weighted by molar-refractivity contribution is 6.08. The first-order chi connectivity index (χ1) is 23.1. The van der Waals surface area contributed by atoms with Crippen LogP contribution in [-0.4, -0.2) is 109 Å². The molecule has 12 nitrogen and oxygen atoms in total. The minimum atomic E-state index is -3.15. The maximum atomic E-state index is 16.7. The fourth-order valence-electron chi connectivity index (χ4n) is 8.20. The molecule has 0 radical (unpaired) electrons. The van der Waals surface area contributed by atoms with E-state index < -0.39 is 88.9 Å². The number of alkyl halides is 1. The first kappa shape index (κ1) is 41.3. The Kier molecular flexibility index (Phi) is 13.3. The minimum absolute atomic E-state index is 0.00433. The molecule has 1 N–H and O–H groups in total. The topological polar surface area (TPSA) is 147 Å². The molecule has 0 aromatic carbocycles. The Balaban J connectivity index is 2.24. The largest absolute Gasteiger partial charge is 0.458 e. The smallest absolute Gasteiger partial charge is 0.408 e. The van der Waals surface area contributed by atoms with Gasteiger partial charge in [-0.1, -0.05) is 40.5 Å². The van der Waals surface area contributed by atoms with Crippen LogP contribution in [0.3, 0.4) is 0 Å². The lowest BCUT2D eigenvalue weighted by Crippen LogP contribution is -2.61. The van der Waals surface area contributed by atoms with Crippen LogP contribution < -0.4 is 5.32 Å². The summed E-state index contributed by atoms with van der Waals surface area (Å²) < 4.78 is 47.2. The van der Waals surface area contributed by atoms with E-state index >= 15 is 4.39 Å². The summed E-state index contributed by atoms with van der Waals surface area (Å²) in [7, 11) is 3.75. The summed E-state index contributed by atoms with van der Waals surface area (Å²) in [4.78, 5) is 69.1. The zero-order valence-corrected chi connectivity index (χ0v) is 31.7. The molecule has 2 saturated heterocycles. The fourth-order valence-corrected chi connectivity index (χ4v) is 8.20. The normalized spacial score (nSPS) is 41.6. The highest BCUT2D eigenvalue weighted by atomic mass is 19.1. The van der Waals surface area contributed by atoms with Gasteiger partial charge in [0.05, 0.1) is 23.9 Å². The summed E-state index contributed by atoms with van der Waals surface area (Å²) in [5, 5.41) is 2.70. The van der Waals surface area contributed by atoms with Crippen LogP contribution >= 0.6 is 0 Å². The number of Topliss-reactive ketones (excluding diaryl/α,β-unsaturated/α-hetero) is 2. The highest BCUT2D eigenvalue weighted by Gasteiger charge is 2.59. The van der Waals surface area contributed by atoms with E-state index in [9.17, 15) is 24.0 Å². The Morgan fingerprint density at radius 2 is 1.70 bits per heavy atom. The van der Waals surface area contributed by atoms with Gasteiger partial charge in [0.2, 0.25) is 0 Å². The molecule has 282 valence electrons. The van der Waals surface area contributed by atoms with Crippen LogP contribution in [0.5, 0.6) is 0 Å². The molecule has 0 aromatic heterocycles. The number of rotatable bonds is 7. The van der Waals surface area contributed by atoms with Crippen molar-refractivity contribution in [3.63, 3.8) is 0 Å². The molecular formula is C37H57FN2O10. The summed E-state index contributed by atoms with van der Waals surface area (Å²) in [5.41, 5.74) is -6.16. The van der Waals surface area contributed by atoms with Crippen LogP contribution in [0.1, 0.15) is 94.9 Å². The van der Waals surface area contributed by atoms with Crippen molar-refractivity contribution in [3.05, 3.63) is 0 Å². The SMILES string of the molecule is CC#CCO[C@@]1(C)C[C@@H](C)C(=O)[C@H](C)[C@H]2NC(=O)O[C@]2(C)[C@@H](CC)OC(=O)C(C)(F)C(=O)[C@H](C)[C@H]1O[C@@H]1C[C@H](C)C[C@H](N(C)C)[C@H]1OC(C)=O. The van der Waals surface area contributed by atoms with Crippen LogP contribution in [0.25, 0.3) is 0 Å². The second-order valence-corrected chi connectivity index (χ2v) is 15.3. The Morgan fingerprint density at radius 1 is 1.06 bits per heavy atom. The predicted molar refractivity (Wildman–Crippen MR) is 182 cm³/mol. The number of cyclic esters (lactones) is 1. The van der Waals surface area contributed by atoms with Crippen LogP contribution in [0.2, 0.25) is 0 Å². The molecule has 2 aliphatic heterocycles. The lowest BCUT2D eigenvalue weighted by molar-refractivity contribution is -0.217. The Morgan fingerprint density at radius 3 is 2.26 bits per heavy atom. The molecule has 0 spiro atoms. The van der Waals surface area contributed by atoms with Gasteiger partial charge < -0.3 is 33.9 Å². The number of nitrogens with one attached hydrogen (secondary N) is 1. The van der Waals surface area contributed by atoms with Crippen LogP contribution in [-0.2, 0) is 42.9 Å². The quantitative estimate of drug-likeness (QED) is 0.176. The number of esters is 2. The first-order valence-electron chi connectivity index (χ1n) is 17.6. The van der Waals surface area contributed by atoms with E-state index in [0.29, 0.717) is 12.8 Å². The molecule has 0 aromatic rings. The van der Waals surface area contributed by atoms with Gasteiger partial charge >= 0.3 is 18.0 Å². The highest BCUT2D eigenvalue weighted by Crippen LogP contribution is 2.42. The van der Waals surface area contributed by atoms with Gasteiger partial charge in [0.15, 0.2) is 11.4 Å². The number of alkyl carbamates (subject to hydrolysis) is 1. The molecule has 0 bridgehead atoms. The first-order valence-corrected chi connectivity index (χ1v) is 17.6. The molecule has 13 heteroatoms. The molecule has 1 saturated carbocycles. The van der Waals surface area contributed by atoms with Crippen molar-refractivity contribution in [1.29, 1.82) is 0 Å². The molecule has 3 aliphatic rings. The van der Waals surface area contributed by atoms with Gasteiger partial charge in [0.25, 0.3) is 5.67 Å². The lowest BCUT2D eigenvalue weighted by atomic mass is 9.73. The average Bonchev–Trinajstić information content (AvgIpc) is 3.35. The lowest BCUT2D eigenvalue weighted by Gasteiger charge is -2.48. The number of hydrogen-bond acceptors (Lipinski definition) is 11. The van der Waals surface area contributed by atoms with Gasteiger partial charge in [0, 0.05) is 30.7 Å². The maximum absolute atomic E-state index is 16.7. The molecule has 2 heterocycles. The van der Waals surface area contributed by atoms with E-state index in [1.165, 1.54) is 20.8 Å². The second kappa shape index (κ2) is 16.1. The van der Waals surface area contributed by atoms with E-state index in [1.807, 2.05) is 25.9 Å². The standard InChI is InChI=1S/C37H57FN2O10/c1-13-15-16-46-35(8)19-21(4)28(42)22(5)30-37(10,50-34(45)39-30)27(14-2)49-33(44)36(9,38)31(43)23(6)32(35)48-26-18-20(3)17-25(40(11)12)29(26)47-24(7)41/h20-23,25-27,29-30,32H,14,16-19H2,1-12H3,(H,39,45)/t20-,21-,22+,23+,25+,26-,27-,29-,30-,32-,35+,36?,37-/m1/s1. The van der Waals surface area contributed by atoms with Crippen LogP contribution in [0.15, 0.2) is 0 Å². The third-order valence-electron chi connectivity index (χ3n) is 10.9. The summed E-state index contributed by atoms with van der Waals surface area (Å²) in [5.74, 6) is -0.464. The van der Waals surface area contributed by atoms with Crippen molar-refractivity contribution >= 4 is 29.6 Å². The predicted octanol–water partition coefficient (Wildman–Crippen LogP) is 4.20. The summed E-state index contributed by atoms with van der Waals surface area (Å²) in [6, 6.07) is -1.17. The van der Waals surface area contributed by atoms with Crippen molar-refractivity contribution in [1.82, 2.24) is 10.2 Å². The molecule has 13 atom stereocenters. The van der Waals surface area contributed by atoms with E-state index in [1.54, 1.807) is 34.6 Å². The molecule has 3 rings (SSSR count). The van der Waals surface area contributed by atoms with Gasteiger partial charge in [-0.05, 0) is 73.4 Å². The molecule has 3 fully saturated rings. The monoisotopic (exact) mass is 708 g/mol. The van der Waals surface area contributed by atoms with Crippen LogP contribution in [0.4, 0.5) is 9.18 Å². The third-order valence-corrected chi connectivity index (χ3v) is 10.9. The Hall–Kier alpha value is -3.08. The van der Waals surface area contributed by atoms with Gasteiger partial charge in [-0.25, -0.2) is 14.0 Å². The number of ketones is 2. The van der Waals surface area contributed by atoms with Gasteiger partial charge in [-0.15, -0.1) is 5.92 Å². The number of carbonyl (C=O) groups excluding carboxylic acids is 5. The van der Waals surface area contributed by atoms with Crippen molar-refractivity contribution in [2.24, 2.45) is 23.7 Å². The van der Waals surface area contributed by atoms with Gasteiger partial charge in [-0.2, -0.15) is 0 Å². The third kappa shape index (κ3) is 8.51. The Labute approximate surface area is 296 Å². The van der Waals surface area contributed by atoms with Crippen molar-refractivity contribution < 1.29 is 52.0 Å². The van der Waals surface area contributed by atoms with E-state index in [2.05, 4.69) is 17.2 Å². The molecule has 50 heavy (non-hydrogen) atoms. The molecule has 1 unspecified atom stereocenters. The molecule has 1 amide bonds. The number of carbonyl (C=O) groups is 5.